The van der Waals surface area contributed by atoms with Gasteiger partial charge in [-0.25, -0.2) is 8.42 Å². The van der Waals surface area contributed by atoms with Gasteiger partial charge >= 0.3 is 0 Å². The van der Waals surface area contributed by atoms with Crippen LogP contribution in [0.5, 0.6) is 0 Å². The summed E-state index contributed by atoms with van der Waals surface area (Å²) in [4.78, 5) is 28.9. The van der Waals surface area contributed by atoms with E-state index in [1.165, 1.54) is 17.0 Å². The number of sulfonamides is 1. The number of anilines is 1. The highest BCUT2D eigenvalue weighted by Gasteiger charge is 2.33. The Labute approximate surface area is 232 Å². The molecule has 0 spiro atoms. The third kappa shape index (κ3) is 7.93. The second kappa shape index (κ2) is 13.9. The van der Waals surface area contributed by atoms with E-state index in [1.54, 1.807) is 30.3 Å². The van der Waals surface area contributed by atoms with Crippen LogP contribution >= 0.6 is 0 Å². The number of nitrogens with one attached hydrogen (secondary N) is 1. The molecular formula is C31H39N3O4S. The van der Waals surface area contributed by atoms with Gasteiger partial charge < -0.3 is 10.2 Å². The highest BCUT2D eigenvalue weighted by Crippen LogP contribution is 2.25. The molecule has 0 unspecified atom stereocenters. The van der Waals surface area contributed by atoms with Gasteiger partial charge in [-0.3, -0.25) is 13.9 Å². The maximum atomic E-state index is 14.0. The first kappa shape index (κ1) is 29.9. The Morgan fingerprint density at radius 2 is 1.44 bits per heavy atom. The molecule has 0 bridgehead atoms. The second-order valence-corrected chi connectivity index (χ2v) is 11.6. The summed E-state index contributed by atoms with van der Waals surface area (Å²) in [7, 11) is -4.05. The Morgan fingerprint density at radius 1 is 0.846 bits per heavy atom. The van der Waals surface area contributed by atoms with Crippen molar-refractivity contribution in [3.8, 4) is 0 Å². The first-order valence-electron chi connectivity index (χ1n) is 13.5. The molecule has 3 aromatic rings. The summed E-state index contributed by atoms with van der Waals surface area (Å²) in [6.45, 7) is 7.54. The first-order chi connectivity index (χ1) is 18.7. The first-order valence-corrected chi connectivity index (χ1v) is 14.9. The van der Waals surface area contributed by atoms with Crippen molar-refractivity contribution >= 4 is 27.5 Å². The van der Waals surface area contributed by atoms with E-state index < -0.39 is 28.5 Å². The van der Waals surface area contributed by atoms with E-state index in [4.69, 9.17) is 0 Å². The van der Waals surface area contributed by atoms with Crippen molar-refractivity contribution in [2.75, 3.05) is 17.4 Å². The molecule has 1 N–H and O–H groups in total. The van der Waals surface area contributed by atoms with Crippen molar-refractivity contribution < 1.29 is 18.0 Å². The fourth-order valence-corrected chi connectivity index (χ4v) is 5.73. The fraction of sp³-hybridized carbons (Fsp3) is 0.355. The topological polar surface area (TPSA) is 86.8 Å². The van der Waals surface area contributed by atoms with Crippen molar-refractivity contribution in [2.45, 2.75) is 63.9 Å². The summed E-state index contributed by atoms with van der Waals surface area (Å²) in [5.41, 5.74) is 2.39. The quantitative estimate of drug-likeness (QED) is 0.327. The number of aryl methyl sites for hydroxylation is 1. The van der Waals surface area contributed by atoms with Gasteiger partial charge in [0.15, 0.2) is 0 Å². The number of nitrogens with zero attached hydrogens (tertiary/aromatic N) is 2. The van der Waals surface area contributed by atoms with Gasteiger partial charge in [-0.2, -0.15) is 0 Å². The number of carbonyl (C=O) groups is 2. The van der Waals surface area contributed by atoms with E-state index >= 15 is 0 Å². The van der Waals surface area contributed by atoms with Crippen molar-refractivity contribution in [3.63, 3.8) is 0 Å². The van der Waals surface area contributed by atoms with Crippen LogP contribution in [0.3, 0.4) is 0 Å². The molecule has 0 fully saturated rings. The van der Waals surface area contributed by atoms with E-state index in [1.807, 2.05) is 70.2 Å². The average Bonchev–Trinajstić information content (AvgIpc) is 2.95. The van der Waals surface area contributed by atoms with E-state index in [0.717, 1.165) is 21.9 Å². The van der Waals surface area contributed by atoms with Crippen LogP contribution in [-0.4, -0.2) is 50.3 Å². The largest absolute Gasteiger partial charge is 0.352 e. The summed E-state index contributed by atoms with van der Waals surface area (Å²) >= 11 is 0. The molecule has 0 aliphatic heterocycles. The van der Waals surface area contributed by atoms with Gasteiger partial charge in [0.05, 0.1) is 10.6 Å². The molecule has 0 saturated carbocycles. The van der Waals surface area contributed by atoms with Crippen molar-refractivity contribution in [1.29, 1.82) is 0 Å². The Hall–Kier alpha value is -3.65. The lowest BCUT2D eigenvalue weighted by Gasteiger charge is -2.33. The van der Waals surface area contributed by atoms with Gasteiger partial charge in [0.1, 0.15) is 12.6 Å². The Bertz CT molecular complexity index is 1310. The number of amides is 2. The standard InChI is InChI=1S/C31H39N3O4S/c1-5-25(4)32-31(36)29(6-2)33(22-21-26-13-9-7-10-14-26)30(35)23-34(27-19-17-24(3)18-20-27)39(37,38)28-15-11-8-12-16-28/h7-20,25,29H,5-6,21-23H2,1-4H3,(H,32,36)/t25-,29-/m0/s1. The third-order valence-corrected chi connectivity index (χ3v) is 8.59. The SMILES string of the molecule is CC[C@H](C)NC(=O)[C@H](CC)N(CCc1ccccc1)C(=O)CN(c1ccc(C)cc1)S(=O)(=O)c1ccccc1. The third-order valence-electron chi connectivity index (χ3n) is 6.80. The predicted octanol–water partition coefficient (Wildman–Crippen LogP) is 4.95. The summed E-state index contributed by atoms with van der Waals surface area (Å²) in [6.07, 6.45) is 1.70. The summed E-state index contributed by atoms with van der Waals surface area (Å²) in [6, 6.07) is 24.1. The molecule has 0 saturated heterocycles. The molecular weight excluding hydrogens is 510 g/mol. The molecule has 0 radical (unpaired) electrons. The zero-order chi connectivity index (χ0) is 28.4. The average molecular weight is 550 g/mol. The maximum Gasteiger partial charge on any atom is 0.264 e. The minimum atomic E-state index is -4.05. The normalized spacial score (nSPS) is 12.8. The maximum absolute atomic E-state index is 14.0. The smallest absolute Gasteiger partial charge is 0.264 e. The number of rotatable bonds is 13. The lowest BCUT2D eigenvalue weighted by atomic mass is 10.1. The molecule has 208 valence electrons. The van der Waals surface area contributed by atoms with Crippen molar-refractivity contribution in [2.24, 2.45) is 0 Å². The lowest BCUT2D eigenvalue weighted by molar-refractivity contribution is -0.139. The second-order valence-electron chi connectivity index (χ2n) is 9.72. The van der Waals surface area contributed by atoms with Crippen LogP contribution in [0.15, 0.2) is 89.8 Å². The van der Waals surface area contributed by atoms with Crippen LogP contribution in [0.1, 0.15) is 44.7 Å². The number of benzene rings is 3. The zero-order valence-corrected chi connectivity index (χ0v) is 24.0. The highest BCUT2D eigenvalue weighted by atomic mass is 32.2. The number of hydrogen-bond acceptors (Lipinski definition) is 4. The van der Waals surface area contributed by atoms with E-state index in [-0.39, 0.29) is 23.4 Å². The van der Waals surface area contributed by atoms with Crippen LogP contribution in [0.25, 0.3) is 0 Å². The van der Waals surface area contributed by atoms with E-state index in [2.05, 4.69) is 5.32 Å². The van der Waals surface area contributed by atoms with E-state index in [0.29, 0.717) is 18.5 Å². The number of hydrogen-bond donors (Lipinski definition) is 1. The molecule has 7 nitrogen and oxygen atoms in total. The van der Waals surface area contributed by atoms with Gasteiger partial charge in [-0.15, -0.1) is 0 Å². The molecule has 3 rings (SSSR count). The molecule has 3 aromatic carbocycles. The summed E-state index contributed by atoms with van der Waals surface area (Å²) < 4.78 is 28.7. The predicted molar refractivity (Wildman–Crippen MR) is 156 cm³/mol. The molecule has 0 aromatic heterocycles. The molecule has 2 atom stereocenters. The summed E-state index contributed by atoms with van der Waals surface area (Å²) in [5, 5.41) is 3.00. The van der Waals surface area contributed by atoms with Crippen molar-refractivity contribution in [3.05, 3.63) is 96.1 Å². The van der Waals surface area contributed by atoms with Gasteiger partial charge in [0.25, 0.3) is 10.0 Å². The van der Waals surface area contributed by atoms with Gasteiger partial charge in [0, 0.05) is 12.6 Å². The molecule has 39 heavy (non-hydrogen) atoms. The van der Waals surface area contributed by atoms with Crippen LogP contribution < -0.4 is 9.62 Å². The molecule has 0 aliphatic carbocycles. The van der Waals surface area contributed by atoms with Crippen molar-refractivity contribution in [1.82, 2.24) is 10.2 Å². The molecule has 2 amide bonds. The number of carbonyl (C=O) groups excluding carboxylic acids is 2. The minimum absolute atomic E-state index is 0.0415. The van der Waals surface area contributed by atoms with Crippen LogP contribution in [-0.2, 0) is 26.0 Å². The minimum Gasteiger partial charge on any atom is -0.352 e. The summed E-state index contributed by atoms with van der Waals surface area (Å²) in [5.74, 6) is -0.668. The van der Waals surface area contributed by atoms with Gasteiger partial charge in [-0.05, 0) is 62.9 Å². The van der Waals surface area contributed by atoms with Gasteiger partial charge in [0.2, 0.25) is 11.8 Å². The van der Waals surface area contributed by atoms with Crippen LogP contribution in [0.2, 0.25) is 0 Å². The van der Waals surface area contributed by atoms with Crippen LogP contribution in [0, 0.1) is 6.92 Å². The van der Waals surface area contributed by atoms with E-state index in [9.17, 15) is 18.0 Å². The Kier molecular flexibility index (Phi) is 10.7. The van der Waals surface area contributed by atoms with Crippen LogP contribution in [0.4, 0.5) is 5.69 Å². The monoisotopic (exact) mass is 549 g/mol. The van der Waals surface area contributed by atoms with Gasteiger partial charge in [-0.1, -0.05) is 80.1 Å². The molecule has 8 heteroatoms. The Balaban J connectivity index is 1.99. The molecule has 0 aliphatic rings. The highest BCUT2D eigenvalue weighted by molar-refractivity contribution is 7.92. The fourth-order valence-electron chi connectivity index (χ4n) is 4.30. The molecule has 0 heterocycles. The Morgan fingerprint density at radius 3 is 2.00 bits per heavy atom. The lowest BCUT2D eigenvalue weighted by Crippen LogP contribution is -2.54. The zero-order valence-electron chi connectivity index (χ0n) is 23.2.